The fourth-order valence-electron chi connectivity index (χ4n) is 1.44. The molecular weight excluding hydrogens is 305 g/mol. The largest absolute Gasteiger partial charge is 0.477 e. The number of hydrogen-bond acceptors (Lipinski definition) is 1. The van der Waals surface area contributed by atoms with Crippen molar-refractivity contribution in [3.63, 3.8) is 0 Å². The van der Waals surface area contributed by atoms with E-state index in [4.69, 9.17) is 4.74 Å². The highest BCUT2D eigenvalue weighted by molar-refractivity contribution is 6.87. The first-order valence-corrected chi connectivity index (χ1v) is 10.2. The van der Waals surface area contributed by atoms with E-state index in [9.17, 15) is 13.2 Å². The van der Waals surface area contributed by atoms with Crippen LogP contribution in [0.2, 0.25) is 18.1 Å². The van der Waals surface area contributed by atoms with E-state index in [-0.39, 0.29) is 5.04 Å². The Balaban J connectivity index is 2.98. The van der Waals surface area contributed by atoms with Gasteiger partial charge in [0.15, 0.2) is 6.10 Å². The Morgan fingerprint density at radius 1 is 1.09 bits per heavy atom. The van der Waals surface area contributed by atoms with E-state index in [1.165, 1.54) is 0 Å². The van der Waals surface area contributed by atoms with Crippen LogP contribution in [-0.4, -0.2) is 20.4 Å². The fourth-order valence-corrected chi connectivity index (χ4v) is 2.34. The summed E-state index contributed by atoms with van der Waals surface area (Å²) in [6, 6.07) is 8.50. The summed E-state index contributed by atoms with van der Waals surface area (Å²) in [6.45, 7) is 10.3. The van der Waals surface area contributed by atoms with Gasteiger partial charge in [0, 0.05) is 0 Å². The SMILES string of the molecule is CC(C)(C)[Si](C)(C)C#CC(CC(F)(F)F)Oc1ccccc1. The molecule has 1 nitrogen and oxygen atoms in total. The normalized spacial score (nSPS) is 14.0. The monoisotopic (exact) mass is 328 g/mol. The number of ether oxygens (including phenoxy) is 1. The standard InChI is InChI=1S/C17H23F3OSi/c1-16(2,3)22(4,5)12-11-15(13-17(18,19)20)21-14-9-7-6-8-10-14/h6-10,15H,13H2,1-5H3. The van der Waals surface area contributed by atoms with Gasteiger partial charge in [0.25, 0.3) is 0 Å². The van der Waals surface area contributed by atoms with Crippen LogP contribution in [0.3, 0.4) is 0 Å². The second-order valence-corrected chi connectivity index (χ2v) is 11.9. The van der Waals surface area contributed by atoms with Crippen LogP contribution in [0.5, 0.6) is 5.75 Å². The van der Waals surface area contributed by atoms with Gasteiger partial charge < -0.3 is 4.74 Å². The van der Waals surface area contributed by atoms with E-state index in [2.05, 4.69) is 45.3 Å². The first-order chi connectivity index (χ1) is 9.91. The van der Waals surface area contributed by atoms with Crippen LogP contribution in [0.1, 0.15) is 27.2 Å². The molecule has 122 valence electrons. The van der Waals surface area contributed by atoms with Gasteiger partial charge in [-0.3, -0.25) is 0 Å². The number of benzene rings is 1. The molecule has 0 saturated carbocycles. The Bertz CT molecular complexity index is 533. The van der Waals surface area contributed by atoms with Gasteiger partial charge in [-0.25, -0.2) is 0 Å². The van der Waals surface area contributed by atoms with Gasteiger partial charge in [-0.05, 0) is 17.2 Å². The van der Waals surface area contributed by atoms with Gasteiger partial charge in [-0.1, -0.05) is 58.0 Å². The van der Waals surface area contributed by atoms with E-state index in [0.29, 0.717) is 5.75 Å². The summed E-state index contributed by atoms with van der Waals surface area (Å²) in [5.74, 6) is 3.15. The molecule has 0 N–H and O–H groups in total. The zero-order valence-corrected chi connectivity index (χ0v) is 14.7. The molecule has 5 heteroatoms. The Labute approximate surface area is 131 Å². The summed E-state index contributed by atoms with van der Waals surface area (Å²) in [6.07, 6.45) is -6.54. The molecule has 1 aromatic rings. The van der Waals surface area contributed by atoms with E-state index in [0.717, 1.165) is 0 Å². The summed E-state index contributed by atoms with van der Waals surface area (Å²) in [4.78, 5) is 0. The highest BCUT2D eigenvalue weighted by atomic mass is 28.3. The Kier molecular flexibility index (Phi) is 5.74. The molecule has 0 bridgehead atoms. The molecule has 0 aliphatic rings. The minimum Gasteiger partial charge on any atom is -0.477 e. The second kappa shape index (κ2) is 6.78. The van der Waals surface area contributed by atoms with Crippen LogP contribution in [0.25, 0.3) is 0 Å². The zero-order chi connectivity index (χ0) is 17.0. The number of halogens is 3. The third-order valence-corrected chi connectivity index (χ3v) is 8.38. The Morgan fingerprint density at radius 2 is 1.64 bits per heavy atom. The van der Waals surface area contributed by atoms with E-state index in [1.54, 1.807) is 30.3 Å². The lowest BCUT2D eigenvalue weighted by molar-refractivity contribution is -0.145. The van der Waals surface area contributed by atoms with Gasteiger partial charge >= 0.3 is 6.18 Å². The van der Waals surface area contributed by atoms with Gasteiger partial charge in [0.05, 0.1) is 6.42 Å². The van der Waals surface area contributed by atoms with Crippen LogP contribution >= 0.6 is 0 Å². The van der Waals surface area contributed by atoms with Crippen molar-refractivity contribution in [2.24, 2.45) is 0 Å². The molecule has 0 fully saturated rings. The van der Waals surface area contributed by atoms with Crippen molar-refractivity contribution >= 4 is 8.07 Å². The van der Waals surface area contributed by atoms with Crippen LogP contribution in [0.15, 0.2) is 30.3 Å². The van der Waals surface area contributed by atoms with Gasteiger partial charge in [-0.2, -0.15) is 13.2 Å². The van der Waals surface area contributed by atoms with E-state index >= 15 is 0 Å². The molecule has 22 heavy (non-hydrogen) atoms. The molecule has 0 saturated heterocycles. The average Bonchev–Trinajstić information content (AvgIpc) is 2.34. The Hall–Kier alpha value is -1.41. The van der Waals surface area contributed by atoms with Crippen LogP contribution in [0, 0.1) is 11.5 Å². The van der Waals surface area contributed by atoms with Gasteiger partial charge in [0.1, 0.15) is 13.8 Å². The zero-order valence-electron chi connectivity index (χ0n) is 13.7. The van der Waals surface area contributed by atoms with Crippen molar-refractivity contribution in [2.75, 3.05) is 0 Å². The molecule has 0 radical (unpaired) electrons. The molecule has 1 atom stereocenters. The lowest BCUT2D eigenvalue weighted by Gasteiger charge is -2.31. The highest BCUT2D eigenvalue weighted by Gasteiger charge is 2.35. The van der Waals surface area contributed by atoms with Gasteiger partial charge in [-0.15, -0.1) is 5.54 Å². The van der Waals surface area contributed by atoms with Crippen LogP contribution in [0.4, 0.5) is 13.2 Å². The van der Waals surface area contributed by atoms with Crippen molar-refractivity contribution in [3.05, 3.63) is 30.3 Å². The minimum atomic E-state index is -4.30. The van der Waals surface area contributed by atoms with Crippen molar-refractivity contribution in [3.8, 4) is 17.2 Å². The summed E-state index contributed by atoms with van der Waals surface area (Å²) >= 11 is 0. The molecule has 0 heterocycles. The maximum atomic E-state index is 12.7. The number of rotatable bonds is 3. The second-order valence-electron chi connectivity index (χ2n) is 6.88. The first-order valence-electron chi connectivity index (χ1n) is 7.22. The molecule has 0 aromatic heterocycles. The fraction of sp³-hybridized carbons (Fsp3) is 0.529. The molecule has 0 aliphatic carbocycles. The molecule has 0 amide bonds. The van der Waals surface area contributed by atoms with Crippen LogP contribution in [-0.2, 0) is 0 Å². The predicted molar refractivity (Wildman–Crippen MR) is 86.5 cm³/mol. The topological polar surface area (TPSA) is 9.23 Å². The lowest BCUT2D eigenvalue weighted by Crippen LogP contribution is -2.36. The highest BCUT2D eigenvalue weighted by Crippen LogP contribution is 2.35. The third kappa shape index (κ3) is 6.14. The summed E-state index contributed by atoms with van der Waals surface area (Å²) < 4.78 is 43.6. The summed E-state index contributed by atoms with van der Waals surface area (Å²) in [5, 5.41) is -0.00444. The van der Waals surface area contributed by atoms with Crippen molar-refractivity contribution in [1.82, 2.24) is 0 Å². The summed E-state index contributed by atoms with van der Waals surface area (Å²) in [5.41, 5.74) is 3.11. The van der Waals surface area contributed by atoms with Crippen molar-refractivity contribution in [1.29, 1.82) is 0 Å². The van der Waals surface area contributed by atoms with Crippen molar-refractivity contribution in [2.45, 2.75) is 57.6 Å². The molecule has 0 aliphatic heterocycles. The molecule has 0 spiro atoms. The molecule has 1 unspecified atom stereocenters. The van der Waals surface area contributed by atoms with Crippen LogP contribution < -0.4 is 4.74 Å². The smallest absolute Gasteiger partial charge is 0.393 e. The van der Waals surface area contributed by atoms with Gasteiger partial charge in [0.2, 0.25) is 0 Å². The molecule has 1 rings (SSSR count). The maximum absolute atomic E-state index is 12.7. The number of alkyl halides is 3. The number of para-hydroxylation sites is 1. The predicted octanol–water partition coefficient (Wildman–Crippen LogP) is 5.44. The summed E-state index contributed by atoms with van der Waals surface area (Å²) in [7, 11) is -1.97. The number of hydrogen-bond donors (Lipinski definition) is 0. The van der Waals surface area contributed by atoms with E-state index < -0.39 is 26.8 Å². The molecule has 1 aromatic carbocycles. The Morgan fingerprint density at radius 3 is 2.09 bits per heavy atom. The average molecular weight is 328 g/mol. The quantitative estimate of drug-likeness (QED) is 0.530. The van der Waals surface area contributed by atoms with E-state index in [1.807, 2.05) is 0 Å². The maximum Gasteiger partial charge on any atom is 0.393 e. The van der Waals surface area contributed by atoms with Crippen molar-refractivity contribution < 1.29 is 17.9 Å². The third-order valence-electron chi connectivity index (χ3n) is 3.86. The first kappa shape index (κ1) is 18.6. The lowest BCUT2D eigenvalue weighted by atomic mass is 10.2. The minimum absolute atomic E-state index is 0.00444. The molecular formula is C17H23F3OSi.